The summed E-state index contributed by atoms with van der Waals surface area (Å²) in [4.78, 5) is 32.7. The lowest BCUT2D eigenvalue weighted by Crippen LogP contribution is -2.59. The fourth-order valence-electron chi connectivity index (χ4n) is 2.04. The minimum atomic E-state index is -1.13. The molecule has 1 aromatic heterocycles. The number of carboxylic acid groups (broad SMARTS) is 1. The highest BCUT2D eigenvalue weighted by atomic mass is 16.6. The fourth-order valence-corrected chi connectivity index (χ4v) is 2.04. The van der Waals surface area contributed by atoms with Gasteiger partial charge in [0.05, 0.1) is 4.92 Å². The Bertz CT molecular complexity index is 549. The minimum Gasteiger partial charge on any atom is -0.480 e. The number of carboxylic acids is 1. The molecule has 9 nitrogen and oxygen atoms in total. The van der Waals surface area contributed by atoms with Crippen molar-refractivity contribution in [3.05, 3.63) is 22.5 Å². The van der Waals surface area contributed by atoms with Gasteiger partial charge in [0.1, 0.15) is 17.9 Å². The molecule has 1 aliphatic carbocycles. The number of hydrogen-bond donors (Lipinski definition) is 2. The van der Waals surface area contributed by atoms with Crippen LogP contribution in [0.3, 0.4) is 0 Å². The zero-order chi connectivity index (χ0) is 14.8. The number of aliphatic carboxylic acids is 1. The molecule has 0 saturated heterocycles. The number of amides is 1. The molecule has 2 N–H and O–H groups in total. The Morgan fingerprint density at radius 2 is 2.25 bits per heavy atom. The van der Waals surface area contributed by atoms with Crippen LogP contribution in [0, 0.1) is 10.1 Å². The van der Waals surface area contributed by atoms with Gasteiger partial charge in [-0.1, -0.05) is 0 Å². The summed E-state index contributed by atoms with van der Waals surface area (Å²) < 4.78 is 1.28. The van der Waals surface area contributed by atoms with Crippen molar-refractivity contribution in [3.63, 3.8) is 0 Å². The third-order valence-corrected chi connectivity index (χ3v) is 3.39. The number of nitrogens with zero attached hydrogens (tertiary/aromatic N) is 3. The van der Waals surface area contributed by atoms with Crippen LogP contribution in [-0.2, 0) is 16.1 Å². The molecule has 0 aliphatic heterocycles. The molecule has 1 aromatic rings. The lowest BCUT2D eigenvalue weighted by molar-refractivity contribution is -0.385. The van der Waals surface area contributed by atoms with E-state index in [-0.39, 0.29) is 18.7 Å². The third-order valence-electron chi connectivity index (χ3n) is 3.39. The zero-order valence-electron chi connectivity index (χ0n) is 10.6. The minimum absolute atomic E-state index is 0.0217. The Kier molecular flexibility index (Phi) is 3.68. The second-order valence-corrected chi connectivity index (χ2v) is 4.76. The Morgan fingerprint density at radius 1 is 1.55 bits per heavy atom. The molecule has 1 fully saturated rings. The molecular formula is C11H14N4O5. The molecule has 1 aliphatic rings. The van der Waals surface area contributed by atoms with E-state index < -0.39 is 22.3 Å². The average Bonchev–Trinajstić information content (AvgIpc) is 2.79. The van der Waals surface area contributed by atoms with Crippen molar-refractivity contribution in [2.24, 2.45) is 0 Å². The van der Waals surface area contributed by atoms with E-state index in [1.165, 1.54) is 10.9 Å². The number of nitro groups is 1. The second-order valence-electron chi connectivity index (χ2n) is 4.76. The number of carbonyl (C=O) groups excluding carboxylic acids is 1. The molecule has 1 heterocycles. The molecule has 0 aromatic carbocycles. The summed E-state index contributed by atoms with van der Waals surface area (Å²) in [6.45, 7) is 0.162. The molecule has 20 heavy (non-hydrogen) atoms. The summed E-state index contributed by atoms with van der Waals surface area (Å²) in [6, 6.07) is 0. The van der Waals surface area contributed by atoms with Gasteiger partial charge in [-0.15, -0.1) is 0 Å². The molecule has 0 bridgehead atoms. The number of aromatic nitrogens is 2. The second kappa shape index (κ2) is 5.27. The van der Waals surface area contributed by atoms with E-state index in [1.807, 2.05) is 0 Å². The van der Waals surface area contributed by atoms with Gasteiger partial charge in [-0.25, -0.2) is 4.79 Å². The summed E-state index contributed by atoms with van der Waals surface area (Å²) in [7, 11) is 0. The van der Waals surface area contributed by atoms with Crippen molar-refractivity contribution in [2.75, 3.05) is 0 Å². The Labute approximate surface area is 113 Å². The zero-order valence-corrected chi connectivity index (χ0v) is 10.6. The topological polar surface area (TPSA) is 127 Å². The number of hydrogen-bond acceptors (Lipinski definition) is 5. The quantitative estimate of drug-likeness (QED) is 0.570. The first-order chi connectivity index (χ1) is 9.43. The summed E-state index contributed by atoms with van der Waals surface area (Å²) >= 11 is 0. The maximum Gasteiger partial charge on any atom is 0.329 e. The number of aryl methyl sites for hydroxylation is 1. The molecule has 1 saturated carbocycles. The van der Waals surface area contributed by atoms with Crippen LogP contribution in [-0.4, -0.2) is 37.2 Å². The SMILES string of the molecule is O=C(CCn1cc([N+](=O)[O-])cn1)NC1(C(=O)O)CCC1. The lowest BCUT2D eigenvalue weighted by atomic mass is 9.76. The molecule has 0 radical (unpaired) electrons. The van der Waals surface area contributed by atoms with E-state index in [1.54, 1.807) is 0 Å². The maximum absolute atomic E-state index is 11.7. The van der Waals surface area contributed by atoms with Crippen LogP contribution in [0.2, 0.25) is 0 Å². The smallest absolute Gasteiger partial charge is 0.329 e. The Balaban J connectivity index is 1.85. The molecule has 0 atom stereocenters. The van der Waals surface area contributed by atoms with Crippen LogP contribution in [0.15, 0.2) is 12.4 Å². The van der Waals surface area contributed by atoms with Crippen molar-refractivity contribution in [2.45, 2.75) is 37.8 Å². The lowest BCUT2D eigenvalue weighted by Gasteiger charge is -2.38. The van der Waals surface area contributed by atoms with Gasteiger partial charge in [0.2, 0.25) is 5.91 Å². The van der Waals surface area contributed by atoms with E-state index in [4.69, 9.17) is 5.11 Å². The van der Waals surface area contributed by atoms with Crippen LogP contribution in [0.5, 0.6) is 0 Å². The van der Waals surface area contributed by atoms with Gasteiger partial charge < -0.3 is 10.4 Å². The van der Waals surface area contributed by atoms with Crippen molar-refractivity contribution in [1.82, 2.24) is 15.1 Å². The van der Waals surface area contributed by atoms with E-state index in [2.05, 4.69) is 10.4 Å². The van der Waals surface area contributed by atoms with Crippen LogP contribution in [0.4, 0.5) is 5.69 Å². The largest absolute Gasteiger partial charge is 0.480 e. The number of nitrogens with one attached hydrogen (secondary N) is 1. The molecule has 0 spiro atoms. The van der Waals surface area contributed by atoms with Gasteiger partial charge in [-0.3, -0.25) is 19.6 Å². The summed E-state index contributed by atoms with van der Waals surface area (Å²) in [6.07, 6.45) is 3.99. The van der Waals surface area contributed by atoms with Gasteiger partial charge in [-0.2, -0.15) is 5.10 Å². The van der Waals surface area contributed by atoms with Gasteiger partial charge in [0.15, 0.2) is 0 Å². The van der Waals surface area contributed by atoms with Crippen LogP contribution < -0.4 is 5.32 Å². The normalized spacial score (nSPS) is 16.2. The highest BCUT2D eigenvalue weighted by molar-refractivity contribution is 5.87. The summed E-state index contributed by atoms with van der Waals surface area (Å²) in [5, 5.41) is 25.8. The van der Waals surface area contributed by atoms with E-state index in [9.17, 15) is 19.7 Å². The standard InChI is InChI=1S/C11H14N4O5/c16-9(13-11(10(17)18)3-1-4-11)2-5-14-7-8(6-12-14)15(19)20/h6-7H,1-5H2,(H,13,16)(H,17,18). The highest BCUT2D eigenvalue weighted by Gasteiger charge is 2.45. The molecular weight excluding hydrogens is 268 g/mol. The third kappa shape index (κ3) is 2.76. The van der Waals surface area contributed by atoms with Gasteiger partial charge >= 0.3 is 11.7 Å². The van der Waals surface area contributed by atoms with Crippen molar-refractivity contribution >= 4 is 17.6 Å². The highest BCUT2D eigenvalue weighted by Crippen LogP contribution is 2.32. The van der Waals surface area contributed by atoms with E-state index >= 15 is 0 Å². The first kappa shape index (κ1) is 14.0. The fraction of sp³-hybridized carbons (Fsp3) is 0.545. The predicted molar refractivity (Wildman–Crippen MR) is 65.9 cm³/mol. The Morgan fingerprint density at radius 3 is 2.70 bits per heavy atom. The molecule has 108 valence electrons. The summed E-state index contributed by atoms with van der Waals surface area (Å²) in [5.74, 6) is -1.42. The van der Waals surface area contributed by atoms with Gasteiger partial charge in [-0.05, 0) is 19.3 Å². The first-order valence-corrected chi connectivity index (χ1v) is 6.14. The van der Waals surface area contributed by atoms with Crippen LogP contribution in [0.1, 0.15) is 25.7 Å². The number of rotatable bonds is 6. The molecule has 2 rings (SSSR count). The van der Waals surface area contributed by atoms with E-state index in [0.717, 1.165) is 12.6 Å². The molecule has 0 unspecified atom stereocenters. The summed E-state index contributed by atoms with van der Waals surface area (Å²) in [5.41, 5.74) is -1.28. The van der Waals surface area contributed by atoms with Crippen molar-refractivity contribution in [3.8, 4) is 0 Å². The van der Waals surface area contributed by atoms with Gasteiger partial charge in [0.25, 0.3) is 0 Å². The average molecular weight is 282 g/mol. The van der Waals surface area contributed by atoms with E-state index in [0.29, 0.717) is 12.8 Å². The monoisotopic (exact) mass is 282 g/mol. The number of carbonyl (C=O) groups is 2. The predicted octanol–water partition coefficient (Wildman–Crippen LogP) is 0.305. The first-order valence-electron chi connectivity index (χ1n) is 6.14. The van der Waals surface area contributed by atoms with Crippen LogP contribution in [0.25, 0.3) is 0 Å². The maximum atomic E-state index is 11.7. The Hall–Kier alpha value is -2.45. The van der Waals surface area contributed by atoms with Crippen LogP contribution >= 0.6 is 0 Å². The molecule has 1 amide bonds. The van der Waals surface area contributed by atoms with Gasteiger partial charge in [0, 0.05) is 13.0 Å². The van der Waals surface area contributed by atoms with Crippen molar-refractivity contribution < 1.29 is 19.6 Å². The van der Waals surface area contributed by atoms with Crippen molar-refractivity contribution in [1.29, 1.82) is 0 Å². The molecule has 9 heteroatoms.